The van der Waals surface area contributed by atoms with Gasteiger partial charge in [0.2, 0.25) is 0 Å². The molecule has 3 rings (SSSR count). The van der Waals surface area contributed by atoms with E-state index in [0.29, 0.717) is 10.8 Å². The fourth-order valence-corrected chi connectivity index (χ4v) is 2.97. The fourth-order valence-electron chi connectivity index (χ4n) is 2.82. The number of benzene rings is 1. The van der Waals surface area contributed by atoms with Gasteiger partial charge in [-0.3, -0.25) is 0 Å². The van der Waals surface area contributed by atoms with E-state index in [4.69, 9.17) is 11.6 Å². The third kappa shape index (κ3) is 3.50. The third-order valence-corrected chi connectivity index (χ3v) is 4.22. The van der Waals surface area contributed by atoms with Gasteiger partial charge in [0, 0.05) is 31.0 Å². The van der Waals surface area contributed by atoms with Crippen LogP contribution in [0.5, 0.6) is 0 Å². The summed E-state index contributed by atoms with van der Waals surface area (Å²) in [5, 5.41) is 3.51. The van der Waals surface area contributed by atoms with Gasteiger partial charge in [0.25, 0.3) is 0 Å². The van der Waals surface area contributed by atoms with E-state index >= 15 is 0 Å². The number of nitrogens with one attached hydrogen (secondary N) is 1. The first-order valence-electron chi connectivity index (χ1n) is 7.51. The summed E-state index contributed by atoms with van der Waals surface area (Å²) in [6.45, 7) is 4.01. The fraction of sp³-hybridized carbons (Fsp3) is 0.353. The Morgan fingerprint density at radius 3 is 2.73 bits per heavy atom. The Kier molecular flexibility index (Phi) is 4.48. The second kappa shape index (κ2) is 6.53. The molecule has 1 N–H and O–H groups in total. The van der Waals surface area contributed by atoms with E-state index in [1.54, 1.807) is 0 Å². The molecule has 1 aromatic heterocycles. The molecule has 2 heterocycles. The number of aryl methyl sites for hydroxylation is 1. The molecule has 2 aromatic rings. The van der Waals surface area contributed by atoms with Crippen LogP contribution in [-0.4, -0.2) is 24.1 Å². The van der Waals surface area contributed by atoms with Gasteiger partial charge in [-0.25, -0.2) is 9.37 Å². The monoisotopic (exact) mass is 319 g/mol. The van der Waals surface area contributed by atoms with Crippen molar-refractivity contribution in [3.05, 3.63) is 52.9 Å². The van der Waals surface area contributed by atoms with Crippen LogP contribution in [0.2, 0.25) is 5.02 Å². The molecule has 0 aliphatic carbocycles. The molecule has 0 spiro atoms. The summed E-state index contributed by atoms with van der Waals surface area (Å²) in [5.74, 6) is -0.105. The lowest BCUT2D eigenvalue weighted by molar-refractivity contribution is 0.520. The van der Waals surface area contributed by atoms with E-state index in [0.717, 1.165) is 25.9 Å². The van der Waals surface area contributed by atoms with E-state index < -0.39 is 5.82 Å². The van der Waals surface area contributed by atoms with E-state index in [9.17, 15) is 4.39 Å². The predicted octanol–water partition coefficient (Wildman–Crippen LogP) is 4.26. The number of hydrogen-bond donors (Lipinski definition) is 1. The van der Waals surface area contributed by atoms with Crippen molar-refractivity contribution >= 4 is 23.1 Å². The first kappa shape index (κ1) is 15.1. The average Bonchev–Trinajstić information content (AvgIpc) is 2.51. The number of anilines is 2. The molecule has 1 aliphatic heterocycles. The Hall–Kier alpha value is -1.81. The molecule has 1 aliphatic rings. The normalized spacial score (nSPS) is 15.9. The number of nitrogens with zero attached hydrogens (tertiary/aromatic N) is 2. The summed E-state index contributed by atoms with van der Waals surface area (Å²) >= 11 is 5.72. The molecule has 1 saturated heterocycles. The van der Waals surface area contributed by atoms with Gasteiger partial charge in [0.1, 0.15) is 0 Å². The van der Waals surface area contributed by atoms with Crippen molar-refractivity contribution in [1.29, 1.82) is 0 Å². The molecule has 5 heteroatoms. The SMILES string of the molecule is Cc1cccc(N2CCC(Nc3ncc(Cl)cc3F)CC2)c1. The van der Waals surface area contributed by atoms with Gasteiger partial charge in [-0.15, -0.1) is 0 Å². The highest BCUT2D eigenvalue weighted by molar-refractivity contribution is 6.30. The minimum atomic E-state index is -0.395. The molecule has 0 saturated carbocycles. The van der Waals surface area contributed by atoms with E-state index in [1.807, 2.05) is 0 Å². The maximum absolute atomic E-state index is 13.8. The first-order chi connectivity index (χ1) is 10.6. The molecule has 0 bridgehead atoms. The zero-order valence-electron chi connectivity index (χ0n) is 12.5. The van der Waals surface area contributed by atoms with E-state index in [2.05, 4.69) is 46.4 Å². The highest BCUT2D eigenvalue weighted by atomic mass is 35.5. The van der Waals surface area contributed by atoms with Crippen LogP contribution in [0.3, 0.4) is 0 Å². The number of piperidine rings is 1. The number of aromatic nitrogens is 1. The molecule has 1 aromatic carbocycles. The van der Waals surface area contributed by atoms with Gasteiger partial charge < -0.3 is 10.2 Å². The predicted molar refractivity (Wildman–Crippen MR) is 89.2 cm³/mol. The Morgan fingerprint density at radius 2 is 2.05 bits per heavy atom. The van der Waals surface area contributed by atoms with E-state index in [1.165, 1.54) is 23.5 Å². The number of pyridine rings is 1. The number of rotatable bonds is 3. The summed E-state index contributed by atoms with van der Waals surface area (Å²) in [7, 11) is 0. The van der Waals surface area contributed by atoms with Gasteiger partial charge in [0.15, 0.2) is 11.6 Å². The van der Waals surface area contributed by atoms with Crippen LogP contribution in [0, 0.1) is 12.7 Å². The van der Waals surface area contributed by atoms with E-state index in [-0.39, 0.29) is 6.04 Å². The Labute approximate surface area is 135 Å². The van der Waals surface area contributed by atoms with Crippen LogP contribution in [0.25, 0.3) is 0 Å². The van der Waals surface area contributed by atoms with Gasteiger partial charge >= 0.3 is 0 Å². The average molecular weight is 320 g/mol. The first-order valence-corrected chi connectivity index (χ1v) is 7.89. The smallest absolute Gasteiger partial charge is 0.166 e. The summed E-state index contributed by atoms with van der Waals surface area (Å²) in [4.78, 5) is 6.40. The van der Waals surface area contributed by atoms with Crippen LogP contribution >= 0.6 is 11.6 Å². The Balaban J connectivity index is 1.60. The minimum Gasteiger partial charge on any atom is -0.371 e. The van der Waals surface area contributed by atoms with Crippen LogP contribution in [0.1, 0.15) is 18.4 Å². The van der Waals surface area contributed by atoms with Crippen molar-refractivity contribution in [2.24, 2.45) is 0 Å². The van der Waals surface area contributed by atoms with Crippen LogP contribution in [-0.2, 0) is 0 Å². The van der Waals surface area contributed by atoms with Crippen molar-refractivity contribution in [1.82, 2.24) is 4.98 Å². The van der Waals surface area contributed by atoms with Crippen LogP contribution < -0.4 is 10.2 Å². The maximum Gasteiger partial charge on any atom is 0.166 e. The lowest BCUT2D eigenvalue weighted by Gasteiger charge is -2.34. The molecule has 0 unspecified atom stereocenters. The number of hydrogen-bond acceptors (Lipinski definition) is 3. The van der Waals surface area contributed by atoms with Crippen LogP contribution in [0.4, 0.5) is 15.9 Å². The Bertz CT molecular complexity index is 654. The zero-order chi connectivity index (χ0) is 15.5. The quantitative estimate of drug-likeness (QED) is 0.916. The summed E-state index contributed by atoms with van der Waals surface area (Å²) in [6.07, 6.45) is 3.38. The maximum atomic E-state index is 13.8. The standard InChI is InChI=1S/C17H19ClFN3/c1-12-3-2-4-15(9-12)22-7-5-14(6-8-22)21-17-16(19)10-13(18)11-20-17/h2-4,9-11,14H,5-8H2,1H3,(H,20,21). The molecule has 0 amide bonds. The van der Waals surface area contributed by atoms with Gasteiger partial charge in [0.05, 0.1) is 5.02 Å². The molecule has 0 atom stereocenters. The van der Waals surface area contributed by atoms with Gasteiger partial charge in [-0.05, 0) is 43.5 Å². The van der Waals surface area contributed by atoms with Crippen molar-refractivity contribution < 1.29 is 4.39 Å². The summed E-state index contributed by atoms with van der Waals surface area (Å²) in [5.41, 5.74) is 2.53. The zero-order valence-corrected chi connectivity index (χ0v) is 13.3. The molecule has 3 nitrogen and oxygen atoms in total. The largest absolute Gasteiger partial charge is 0.371 e. The summed E-state index contributed by atoms with van der Waals surface area (Å²) < 4.78 is 13.8. The molecular formula is C17H19ClFN3. The highest BCUT2D eigenvalue weighted by Gasteiger charge is 2.20. The molecule has 116 valence electrons. The van der Waals surface area contributed by atoms with Crippen molar-refractivity contribution in [2.45, 2.75) is 25.8 Å². The van der Waals surface area contributed by atoms with Gasteiger partial charge in [-0.2, -0.15) is 0 Å². The lowest BCUT2D eigenvalue weighted by Crippen LogP contribution is -2.39. The van der Waals surface area contributed by atoms with Crippen molar-refractivity contribution in [3.63, 3.8) is 0 Å². The van der Waals surface area contributed by atoms with Crippen molar-refractivity contribution in [3.8, 4) is 0 Å². The lowest BCUT2D eigenvalue weighted by atomic mass is 10.0. The minimum absolute atomic E-state index is 0.240. The third-order valence-electron chi connectivity index (χ3n) is 4.01. The second-order valence-corrected chi connectivity index (χ2v) is 6.17. The van der Waals surface area contributed by atoms with Crippen molar-refractivity contribution in [2.75, 3.05) is 23.3 Å². The molecule has 22 heavy (non-hydrogen) atoms. The molecule has 0 radical (unpaired) electrons. The Morgan fingerprint density at radius 1 is 1.27 bits per heavy atom. The molecule has 1 fully saturated rings. The topological polar surface area (TPSA) is 28.2 Å². The number of halogens is 2. The summed E-state index contributed by atoms with van der Waals surface area (Å²) in [6, 6.07) is 10.1. The molecular weight excluding hydrogens is 301 g/mol. The van der Waals surface area contributed by atoms with Crippen LogP contribution in [0.15, 0.2) is 36.5 Å². The van der Waals surface area contributed by atoms with Gasteiger partial charge in [-0.1, -0.05) is 23.7 Å². The second-order valence-electron chi connectivity index (χ2n) is 5.73. The highest BCUT2D eigenvalue weighted by Crippen LogP contribution is 2.23.